The van der Waals surface area contributed by atoms with E-state index < -0.39 is 12.1 Å². The van der Waals surface area contributed by atoms with Crippen molar-refractivity contribution in [3.63, 3.8) is 0 Å². The van der Waals surface area contributed by atoms with Crippen molar-refractivity contribution in [2.24, 2.45) is 5.84 Å². The lowest BCUT2D eigenvalue weighted by molar-refractivity contribution is -0.127. The van der Waals surface area contributed by atoms with Crippen LogP contribution in [0.1, 0.15) is 19.3 Å². The molecule has 6 heteroatoms. The van der Waals surface area contributed by atoms with Gasteiger partial charge in [-0.2, -0.15) is 0 Å². The summed E-state index contributed by atoms with van der Waals surface area (Å²) in [5, 5.41) is 0. The molecule has 1 rings (SSSR count). The molecule has 1 saturated heterocycles. The zero-order valence-electron chi connectivity index (χ0n) is 8.16. The maximum absolute atomic E-state index is 11.3. The Bertz CT molecular complexity index is 208. The molecule has 3 N–H and O–H groups in total. The van der Waals surface area contributed by atoms with E-state index in [1.165, 1.54) is 12.0 Å². The number of amides is 2. The van der Waals surface area contributed by atoms with Crippen LogP contribution in [0.3, 0.4) is 0 Å². The number of nitrogens with two attached hydrogens (primary N) is 1. The second kappa shape index (κ2) is 4.80. The number of ether oxygens (including phenoxy) is 1. The van der Waals surface area contributed by atoms with E-state index in [0.717, 1.165) is 12.8 Å². The fraction of sp³-hybridized carbons (Fsp3) is 0.750. The Hall–Kier alpha value is -1.30. The molecule has 0 aromatic heterocycles. The molecule has 0 aliphatic carbocycles. The SMILES string of the molecule is COC(=O)N1CCCCC1C(=O)NN. The molecule has 6 nitrogen and oxygen atoms in total. The Balaban J connectivity index is 2.68. The number of methoxy groups -OCH3 is 1. The van der Waals surface area contributed by atoms with Crippen molar-refractivity contribution in [2.75, 3.05) is 13.7 Å². The quantitative estimate of drug-likeness (QED) is 0.343. The number of hydrogen-bond acceptors (Lipinski definition) is 4. The zero-order chi connectivity index (χ0) is 10.6. The minimum absolute atomic E-state index is 0.338. The lowest BCUT2D eigenvalue weighted by Gasteiger charge is -2.32. The van der Waals surface area contributed by atoms with Crippen molar-refractivity contribution < 1.29 is 14.3 Å². The Labute approximate surface area is 82.3 Å². The van der Waals surface area contributed by atoms with Gasteiger partial charge < -0.3 is 4.74 Å². The van der Waals surface area contributed by atoms with Gasteiger partial charge in [0.1, 0.15) is 6.04 Å². The van der Waals surface area contributed by atoms with Gasteiger partial charge in [0.05, 0.1) is 7.11 Å². The molecule has 1 heterocycles. The summed E-state index contributed by atoms with van der Waals surface area (Å²) in [7, 11) is 1.30. The van der Waals surface area contributed by atoms with Crippen LogP contribution in [0.25, 0.3) is 0 Å². The highest BCUT2D eigenvalue weighted by atomic mass is 16.5. The predicted molar refractivity (Wildman–Crippen MR) is 49.1 cm³/mol. The fourth-order valence-corrected chi connectivity index (χ4v) is 1.64. The molecule has 0 spiro atoms. The van der Waals surface area contributed by atoms with Crippen LogP contribution in [0.5, 0.6) is 0 Å². The first-order valence-corrected chi connectivity index (χ1v) is 4.55. The third kappa shape index (κ3) is 2.14. The van der Waals surface area contributed by atoms with Crippen molar-refractivity contribution in [2.45, 2.75) is 25.3 Å². The first-order chi connectivity index (χ1) is 6.70. The summed E-state index contributed by atoms with van der Waals surface area (Å²) in [6.07, 6.45) is 1.98. The van der Waals surface area contributed by atoms with Crippen molar-refractivity contribution in [1.29, 1.82) is 0 Å². The molecule has 2 amide bonds. The summed E-state index contributed by atoms with van der Waals surface area (Å²) in [6.45, 7) is 0.546. The van der Waals surface area contributed by atoms with Crippen LogP contribution in [0, 0.1) is 0 Å². The second-order valence-electron chi connectivity index (χ2n) is 3.18. The number of piperidine rings is 1. The van der Waals surface area contributed by atoms with Crippen LogP contribution in [0.2, 0.25) is 0 Å². The Morgan fingerprint density at radius 1 is 1.50 bits per heavy atom. The van der Waals surface area contributed by atoms with E-state index in [2.05, 4.69) is 10.2 Å². The number of likely N-dealkylation sites (tertiary alicyclic amines) is 1. The molecule has 1 atom stereocenters. The van der Waals surface area contributed by atoms with Crippen molar-refractivity contribution in [3.05, 3.63) is 0 Å². The molecule has 1 aliphatic heterocycles. The van der Waals surface area contributed by atoms with Crippen LogP contribution < -0.4 is 11.3 Å². The van der Waals surface area contributed by atoms with E-state index in [-0.39, 0.29) is 5.91 Å². The summed E-state index contributed by atoms with van der Waals surface area (Å²) in [5.74, 6) is 4.69. The third-order valence-corrected chi connectivity index (χ3v) is 2.36. The average Bonchev–Trinajstić information content (AvgIpc) is 2.27. The highest BCUT2D eigenvalue weighted by molar-refractivity contribution is 5.85. The van der Waals surface area contributed by atoms with E-state index >= 15 is 0 Å². The molecule has 1 fully saturated rings. The number of carbonyl (C=O) groups is 2. The number of nitrogens with zero attached hydrogens (tertiary/aromatic N) is 1. The molecule has 0 bridgehead atoms. The molecule has 1 unspecified atom stereocenters. The second-order valence-corrected chi connectivity index (χ2v) is 3.18. The monoisotopic (exact) mass is 201 g/mol. The van der Waals surface area contributed by atoms with E-state index in [1.54, 1.807) is 0 Å². The normalized spacial score (nSPS) is 21.6. The van der Waals surface area contributed by atoms with Crippen LogP contribution in [-0.4, -0.2) is 36.6 Å². The summed E-state index contributed by atoms with van der Waals surface area (Å²) < 4.78 is 4.58. The number of nitrogens with one attached hydrogen (secondary N) is 1. The molecular formula is C8H15N3O3. The Morgan fingerprint density at radius 3 is 2.79 bits per heavy atom. The average molecular weight is 201 g/mol. The Kier molecular flexibility index (Phi) is 3.70. The van der Waals surface area contributed by atoms with Crippen molar-refractivity contribution >= 4 is 12.0 Å². The van der Waals surface area contributed by atoms with E-state index in [1.807, 2.05) is 0 Å². The van der Waals surface area contributed by atoms with E-state index in [9.17, 15) is 9.59 Å². The van der Waals surface area contributed by atoms with Crippen LogP contribution >= 0.6 is 0 Å². The highest BCUT2D eigenvalue weighted by Gasteiger charge is 2.32. The molecule has 14 heavy (non-hydrogen) atoms. The molecule has 0 radical (unpaired) electrons. The molecule has 0 aromatic carbocycles. The predicted octanol–water partition coefficient (Wildman–Crippen LogP) is -0.403. The standard InChI is InChI=1S/C8H15N3O3/c1-14-8(13)11-5-3-2-4-6(11)7(12)10-9/h6H,2-5,9H2,1H3,(H,10,12). The fourth-order valence-electron chi connectivity index (χ4n) is 1.64. The van der Waals surface area contributed by atoms with E-state index in [4.69, 9.17) is 5.84 Å². The largest absolute Gasteiger partial charge is 0.453 e. The summed E-state index contributed by atoms with van der Waals surface area (Å²) >= 11 is 0. The number of hydrogen-bond donors (Lipinski definition) is 2. The first-order valence-electron chi connectivity index (χ1n) is 4.55. The molecule has 80 valence electrons. The van der Waals surface area contributed by atoms with Crippen LogP contribution in [0.4, 0.5) is 4.79 Å². The van der Waals surface area contributed by atoms with Gasteiger partial charge in [-0.15, -0.1) is 0 Å². The third-order valence-electron chi connectivity index (χ3n) is 2.36. The smallest absolute Gasteiger partial charge is 0.410 e. The topological polar surface area (TPSA) is 84.7 Å². The van der Waals surface area contributed by atoms with Gasteiger partial charge in [-0.1, -0.05) is 0 Å². The molecule has 1 aliphatic rings. The van der Waals surface area contributed by atoms with Gasteiger partial charge in [-0.25, -0.2) is 10.6 Å². The van der Waals surface area contributed by atoms with Gasteiger partial charge in [-0.05, 0) is 19.3 Å². The van der Waals surface area contributed by atoms with Gasteiger partial charge >= 0.3 is 6.09 Å². The van der Waals surface area contributed by atoms with Crippen LogP contribution in [-0.2, 0) is 9.53 Å². The number of rotatable bonds is 1. The molecule has 0 aromatic rings. The maximum Gasteiger partial charge on any atom is 0.410 e. The van der Waals surface area contributed by atoms with Crippen molar-refractivity contribution in [3.8, 4) is 0 Å². The molecule has 0 saturated carbocycles. The van der Waals surface area contributed by atoms with Gasteiger partial charge in [0.15, 0.2) is 0 Å². The minimum atomic E-state index is -0.485. The van der Waals surface area contributed by atoms with Gasteiger partial charge in [-0.3, -0.25) is 15.1 Å². The van der Waals surface area contributed by atoms with Crippen molar-refractivity contribution in [1.82, 2.24) is 10.3 Å². The lowest BCUT2D eigenvalue weighted by Crippen LogP contribution is -2.53. The number of carbonyl (C=O) groups excluding carboxylic acids is 2. The van der Waals surface area contributed by atoms with Gasteiger partial charge in [0.2, 0.25) is 0 Å². The summed E-state index contributed by atoms with van der Waals surface area (Å²) in [5.41, 5.74) is 2.06. The molecular weight excluding hydrogens is 186 g/mol. The zero-order valence-corrected chi connectivity index (χ0v) is 8.16. The first kappa shape index (κ1) is 10.8. The van der Waals surface area contributed by atoms with E-state index in [0.29, 0.717) is 13.0 Å². The van der Waals surface area contributed by atoms with Gasteiger partial charge in [0.25, 0.3) is 5.91 Å². The minimum Gasteiger partial charge on any atom is -0.453 e. The summed E-state index contributed by atoms with van der Waals surface area (Å²) in [4.78, 5) is 24.0. The maximum atomic E-state index is 11.3. The highest BCUT2D eigenvalue weighted by Crippen LogP contribution is 2.17. The van der Waals surface area contributed by atoms with Crippen LogP contribution in [0.15, 0.2) is 0 Å². The van der Waals surface area contributed by atoms with Gasteiger partial charge in [0, 0.05) is 6.54 Å². The lowest BCUT2D eigenvalue weighted by atomic mass is 10.0. The number of hydrazine groups is 1. The summed E-state index contributed by atoms with van der Waals surface area (Å²) in [6, 6.07) is -0.485. The Morgan fingerprint density at radius 2 is 2.21 bits per heavy atom.